The van der Waals surface area contributed by atoms with E-state index in [1.54, 1.807) is 21.3 Å². The summed E-state index contributed by atoms with van der Waals surface area (Å²) < 4.78 is 21.6. The number of nitrogens with one attached hydrogen (secondary N) is 1. The molecule has 2 atom stereocenters. The first-order valence-corrected chi connectivity index (χ1v) is 13.1. The zero-order valence-corrected chi connectivity index (χ0v) is 22.7. The summed E-state index contributed by atoms with van der Waals surface area (Å²) in [6.07, 6.45) is 0.948. The molecule has 202 valence electrons. The zero-order chi connectivity index (χ0) is 27.5. The number of methoxy groups -OCH3 is 3. The number of carbonyl (C=O) groups excluding carboxylic acids is 2. The van der Waals surface area contributed by atoms with Crippen LogP contribution in [0.4, 0.5) is 0 Å². The van der Waals surface area contributed by atoms with Gasteiger partial charge in [0.05, 0.1) is 26.4 Å². The van der Waals surface area contributed by atoms with Gasteiger partial charge in [-0.15, -0.1) is 0 Å². The number of hydrogen-bond acceptors (Lipinski definition) is 7. The number of fused-ring (bicyclic) bond motifs is 1. The van der Waals surface area contributed by atoms with Gasteiger partial charge in [-0.25, -0.2) is 4.79 Å². The smallest absolute Gasteiger partial charge is 0.336 e. The fraction of sp³-hybridized carbons (Fsp3) is 0.312. The molecule has 0 saturated heterocycles. The molecule has 0 aromatic heterocycles. The molecule has 1 aliphatic carbocycles. The van der Waals surface area contributed by atoms with E-state index in [0.717, 1.165) is 27.6 Å². The van der Waals surface area contributed by atoms with E-state index in [-0.39, 0.29) is 18.3 Å². The quantitative estimate of drug-likeness (QED) is 0.310. The van der Waals surface area contributed by atoms with Crippen LogP contribution >= 0.6 is 0 Å². The Bertz CT molecular complexity index is 1480. The lowest BCUT2D eigenvalue weighted by Gasteiger charge is -2.37. The molecule has 1 N–H and O–H groups in total. The van der Waals surface area contributed by atoms with Gasteiger partial charge >= 0.3 is 5.97 Å². The molecule has 39 heavy (non-hydrogen) atoms. The van der Waals surface area contributed by atoms with Crippen LogP contribution < -0.4 is 14.8 Å². The molecular formula is C32H33NO6. The van der Waals surface area contributed by atoms with Gasteiger partial charge in [-0.05, 0) is 53.3 Å². The van der Waals surface area contributed by atoms with E-state index >= 15 is 0 Å². The summed E-state index contributed by atoms with van der Waals surface area (Å²) in [5, 5.41) is 5.47. The first-order valence-electron chi connectivity index (χ1n) is 13.1. The predicted molar refractivity (Wildman–Crippen MR) is 149 cm³/mol. The zero-order valence-electron chi connectivity index (χ0n) is 22.7. The predicted octanol–water partition coefficient (Wildman–Crippen LogP) is 5.41. The molecule has 0 saturated carbocycles. The lowest BCUT2D eigenvalue weighted by molar-refractivity contribution is -0.140. The fourth-order valence-corrected chi connectivity index (χ4v) is 5.76. The lowest BCUT2D eigenvalue weighted by Crippen LogP contribution is -2.36. The number of hydrogen-bond donors (Lipinski definition) is 1. The van der Waals surface area contributed by atoms with Crippen molar-refractivity contribution in [1.82, 2.24) is 5.32 Å². The van der Waals surface area contributed by atoms with Crippen LogP contribution in [0, 0.1) is 0 Å². The number of esters is 1. The Hall–Kier alpha value is -4.10. The Morgan fingerprint density at radius 1 is 0.923 bits per heavy atom. The number of carbonyl (C=O) groups is 2. The average molecular weight is 528 g/mol. The van der Waals surface area contributed by atoms with Gasteiger partial charge in [0.1, 0.15) is 6.61 Å². The minimum Gasteiger partial charge on any atom is -0.493 e. The first kappa shape index (κ1) is 26.5. The highest BCUT2D eigenvalue weighted by Gasteiger charge is 2.42. The van der Waals surface area contributed by atoms with Crippen molar-refractivity contribution in [1.29, 1.82) is 0 Å². The molecular weight excluding hydrogens is 494 g/mol. The summed E-state index contributed by atoms with van der Waals surface area (Å²) in [4.78, 5) is 27.5. The number of benzene rings is 3. The Kier molecular flexibility index (Phi) is 7.70. The minimum absolute atomic E-state index is 0.0103. The first-order chi connectivity index (χ1) is 19.0. The molecule has 0 bridgehead atoms. The van der Waals surface area contributed by atoms with Gasteiger partial charge in [0.25, 0.3) is 0 Å². The number of ketones is 1. The van der Waals surface area contributed by atoms with Crippen LogP contribution in [0.5, 0.6) is 11.5 Å². The summed E-state index contributed by atoms with van der Waals surface area (Å²) in [5.41, 5.74) is 4.54. The van der Waals surface area contributed by atoms with Crippen molar-refractivity contribution >= 4 is 22.5 Å². The SMILES string of the molecule is COCCOC(=O)C1=C(C)NC2=C(C(=O)C[C@@H](c3ccc(OC)c(OC)c3)C2)[C@H]1c1cccc2ccccc12. The van der Waals surface area contributed by atoms with Gasteiger partial charge in [-0.2, -0.15) is 0 Å². The van der Waals surface area contributed by atoms with Crippen molar-refractivity contribution in [2.45, 2.75) is 31.6 Å². The second-order valence-corrected chi connectivity index (χ2v) is 9.83. The second-order valence-electron chi connectivity index (χ2n) is 9.83. The molecule has 3 aromatic rings. The van der Waals surface area contributed by atoms with Gasteiger partial charge in [0.15, 0.2) is 17.3 Å². The Labute approximate surface area is 228 Å². The Morgan fingerprint density at radius 3 is 2.46 bits per heavy atom. The maximum Gasteiger partial charge on any atom is 0.336 e. The van der Waals surface area contributed by atoms with Crippen LogP contribution in [-0.4, -0.2) is 46.3 Å². The van der Waals surface area contributed by atoms with Crippen molar-refractivity contribution in [3.05, 3.63) is 94.3 Å². The van der Waals surface area contributed by atoms with Crippen LogP contribution in [0.15, 0.2) is 83.2 Å². The summed E-state index contributed by atoms with van der Waals surface area (Å²) in [6, 6.07) is 19.9. The van der Waals surface area contributed by atoms with Crippen LogP contribution in [0.3, 0.4) is 0 Å². The second kappa shape index (κ2) is 11.3. The lowest BCUT2D eigenvalue weighted by atomic mass is 9.71. The van der Waals surface area contributed by atoms with Crippen molar-refractivity contribution in [3.8, 4) is 11.5 Å². The molecule has 0 unspecified atom stereocenters. The molecule has 1 heterocycles. The highest BCUT2D eigenvalue weighted by molar-refractivity contribution is 6.05. The minimum atomic E-state index is -0.541. The van der Waals surface area contributed by atoms with Crippen LogP contribution in [0.25, 0.3) is 10.8 Å². The third-order valence-corrected chi connectivity index (χ3v) is 7.58. The van der Waals surface area contributed by atoms with Gasteiger partial charge in [-0.1, -0.05) is 48.5 Å². The van der Waals surface area contributed by atoms with Crippen LogP contribution in [0.1, 0.15) is 42.7 Å². The fourth-order valence-electron chi connectivity index (χ4n) is 5.76. The number of rotatable bonds is 8. The molecule has 3 aromatic carbocycles. The van der Waals surface area contributed by atoms with E-state index in [9.17, 15) is 9.59 Å². The topological polar surface area (TPSA) is 83.1 Å². The number of allylic oxidation sites excluding steroid dienone is 3. The molecule has 1 aliphatic heterocycles. The monoisotopic (exact) mass is 527 g/mol. The van der Waals surface area contributed by atoms with E-state index in [4.69, 9.17) is 18.9 Å². The molecule has 2 aliphatic rings. The highest BCUT2D eigenvalue weighted by atomic mass is 16.6. The third kappa shape index (κ3) is 5.02. The van der Waals surface area contributed by atoms with Gasteiger partial charge < -0.3 is 24.3 Å². The standard InChI is InChI=1S/C32H33NO6/c1-19-29(32(35)39-15-14-36-2)30(24-11-7-9-20-8-5-6-10-23(20)24)31-25(33-19)16-22(17-26(31)34)21-12-13-27(37-3)28(18-21)38-4/h5-13,18,22,30,33H,14-17H2,1-4H3/t22-,30-/m0/s1. The molecule has 0 amide bonds. The molecule has 0 fully saturated rings. The van der Waals surface area contributed by atoms with E-state index in [2.05, 4.69) is 5.32 Å². The van der Waals surface area contributed by atoms with Crippen LogP contribution in [-0.2, 0) is 19.1 Å². The van der Waals surface area contributed by atoms with Crippen molar-refractivity contribution in [2.75, 3.05) is 34.5 Å². The van der Waals surface area contributed by atoms with Crippen LogP contribution in [0.2, 0.25) is 0 Å². The molecule has 7 nitrogen and oxygen atoms in total. The third-order valence-electron chi connectivity index (χ3n) is 7.58. The Balaban J connectivity index is 1.60. The summed E-state index contributed by atoms with van der Waals surface area (Å²) in [7, 11) is 4.77. The maximum absolute atomic E-state index is 14.0. The summed E-state index contributed by atoms with van der Waals surface area (Å²) in [5.74, 6) is 0.253. The van der Waals surface area contributed by atoms with Gasteiger partial charge in [0.2, 0.25) is 0 Å². The Morgan fingerprint density at radius 2 is 1.69 bits per heavy atom. The molecule has 5 rings (SSSR count). The van der Waals surface area contributed by atoms with E-state index in [1.807, 2.05) is 67.6 Å². The average Bonchev–Trinajstić information content (AvgIpc) is 2.95. The summed E-state index contributed by atoms with van der Waals surface area (Å²) in [6.45, 7) is 2.30. The van der Waals surface area contributed by atoms with Crippen molar-refractivity contribution in [2.24, 2.45) is 0 Å². The molecule has 7 heteroatoms. The number of Topliss-reactive ketones (excluding diaryl/α,β-unsaturated/α-hetero) is 1. The molecule has 0 radical (unpaired) electrons. The van der Waals surface area contributed by atoms with Gasteiger partial charge in [-0.3, -0.25) is 4.79 Å². The number of dihydropyridines is 1. The molecule has 0 spiro atoms. The summed E-state index contributed by atoms with van der Waals surface area (Å²) >= 11 is 0. The van der Waals surface area contributed by atoms with E-state index in [0.29, 0.717) is 47.8 Å². The highest BCUT2D eigenvalue weighted by Crippen LogP contribution is 2.47. The van der Waals surface area contributed by atoms with Crippen molar-refractivity contribution in [3.63, 3.8) is 0 Å². The van der Waals surface area contributed by atoms with Crippen molar-refractivity contribution < 1.29 is 28.5 Å². The van der Waals surface area contributed by atoms with E-state index < -0.39 is 11.9 Å². The largest absolute Gasteiger partial charge is 0.493 e. The van der Waals surface area contributed by atoms with E-state index in [1.165, 1.54) is 0 Å². The maximum atomic E-state index is 14.0. The number of ether oxygens (including phenoxy) is 4. The van der Waals surface area contributed by atoms with Gasteiger partial charge in [0, 0.05) is 36.4 Å². The normalized spacial score (nSPS) is 19.0.